The molecule has 2 aromatic rings. The molecule has 0 aliphatic heterocycles. The smallest absolute Gasteiger partial charge is 0.0947 e. The first-order valence-electron chi connectivity index (χ1n) is 6.92. The zero-order chi connectivity index (χ0) is 14.7. The van der Waals surface area contributed by atoms with Crippen molar-refractivity contribution in [3.63, 3.8) is 0 Å². The number of halogens is 1. The van der Waals surface area contributed by atoms with Gasteiger partial charge in [0.15, 0.2) is 0 Å². The molecule has 1 atom stereocenters. The Morgan fingerprint density at radius 3 is 2.40 bits per heavy atom. The third-order valence-corrected chi connectivity index (χ3v) is 5.60. The number of rotatable bonds is 5. The van der Waals surface area contributed by atoms with Crippen LogP contribution in [0, 0.1) is 20.8 Å². The van der Waals surface area contributed by atoms with Crippen LogP contribution in [-0.2, 0) is 6.42 Å². The maximum absolute atomic E-state index is 4.59. The van der Waals surface area contributed by atoms with Crippen molar-refractivity contribution in [1.29, 1.82) is 0 Å². The van der Waals surface area contributed by atoms with E-state index in [-0.39, 0.29) is 0 Å². The number of aromatic nitrogens is 1. The zero-order valence-corrected chi connectivity index (χ0v) is 14.9. The molecule has 1 unspecified atom stereocenters. The van der Waals surface area contributed by atoms with Crippen LogP contribution < -0.4 is 5.32 Å². The van der Waals surface area contributed by atoms with Gasteiger partial charge >= 0.3 is 0 Å². The molecule has 0 bridgehead atoms. The van der Waals surface area contributed by atoms with Gasteiger partial charge in [0.1, 0.15) is 0 Å². The highest BCUT2D eigenvalue weighted by atomic mass is 79.9. The minimum Gasteiger partial charge on any atom is -0.310 e. The Bertz CT molecular complexity index is 569. The molecule has 108 valence electrons. The number of nitrogens with one attached hydrogen (secondary N) is 1. The first-order valence-corrected chi connectivity index (χ1v) is 8.59. The largest absolute Gasteiger partial charge is 0.310 e. The van der Waals surface area contributed by atoms with E-state index in [2.05, 4.69) is 71.4 Å². The first kappa shape index (κ1) is 15.7. The number of thiazole rings is 1. The second kappa shape index (κ2) is 6.83. The van der Waals surface area contributed by atoms with Crippen LogP contribution in [0.4, 0.5) is 0 Å². The molecule has 0 aliphatic rings. The fraction of sp³-hybridized carbons (Fsp3) is 0.438. The Morgan fingerprint density at radius 1 is 1.25 bits per heavy atom. The lowest BCUT2D eigenvalue weighted by Gasteiger charge is -2.19. The summed E-state index contributed by atoms with van der Waals surface area (Å²) in [4.78, 5) is 4.59. The Labute approximate surface area is 133 Å². The van der Waals surface area contributed by atoms with Crippen molar-refractivity contribution in [2.24, 2.45) is 0 Å². The lowest BCUT2D eigenvalue weighted by Crippen LogP contribution is -2.23. The molecule has 1 aromatic carbocycles. The van der Waals surface area contributed by atoms with Crippen molar-refractivity contribution in [2.75, 3.05) is 6.54 Å². The molecule has 1 N–H and O–H groups in total. The Morgan fingerprint density at radius 2 is 1.90 bits per heavy atom. The van der Waals surface area contributed by atoms with E-state index in [0.717, 1.165) is 18.7 Å². The third kappa shape index (κ3) is 3.68. The maximum Gasteiger partial charge on any atom is 0.0947 e. The van der Waals surface area contributed by atoms with Crippen molar-refractivity contribution in [1.82, 2.24) is 10.3 Å². The van der Waals surface area contributed by atoms with Gasteiger partial charge in [-0.3, -0.25) is 0 Å². The van der Waals surface area contributed by atoms with E-state index >= 15 is 0 Å². The van der Waals surface area contributed by atoms with Crippen molar-refractivity contribution >= 4 is 27.3 Å². The highest BCUT2D eigenvalue weighted by molar-refractivity contribution is 9.10. The van der Waals surface area contributed by atoms with Gasteiger partial charge in [-0.25, -0.2) is 4.98 Å². The molecule has 0 saturated carbocycles. The van der Waals surface area contributed by atoms with Gasteiger partial charge in [0.2, 0.25) is 0 Å². The van der Waals surface area contributed by atoms with E-state index < -0.39 is 0 Å². The normalized spacial score (nSPS) is 12.7. The van der Waals surface area contributed by atoms with Crippen molar-refractivity contribution < 1.29 is 0 Å². The van der Waals surface area contributed by atoms with Crippen LogP contribution in [0.2, 0.25) is 0 Å². The molecule has 4 heteroatoms. The highest BCUT2D eigenvalue weighted by Gasteiger charge is 2.15. The van der Waals surface area contributed by atoms with E-state index in [1.54, 1.807) is 11.3 Å². The number of hydrogen-bond acceptors (Lipinski definition) is 3. The molecule has 0 fully saturated rings. The van der Waals surface area contributed by atoms with E-state index in [1.807, 2.05) is 0 Å². The minimum absolute atomic E-state index is 0.330. The standard InChI is InChI=1S/C16H21BrN2S/c1-5-18-14(8-15-19-12(4)9-20-15)13-6-10(2)16(17)11(3)7-13/h6-7,9,14,18H,5,8H2,1-4H3. The summed E-state index contributed by atoms with van der Waals surface area (Å²) < 4.78 is 1.21. The van der Waals surface area contributed by atoms with Crippen LogP contribution in [0.15, 0.2) is 22.0 Å². The molecule has 0 aliphatic carbocycles. The van der Waals surface area contributed by atoms with Crippen LogP contribution in [0.5, 0.6) is 0 Å². The average molecular weight is 353 g/mol. The second-order valence-electron chi connectivity index (χ2n) is 5.17. The Hall–Kier alpha value is -0.710. The topological polar surface area (TPSA) is 24.9 Å². The molecule has 0 saturated heterocycles. The van der Waals surface area contributed by atoms with Gasteiger partial charge in [0.05, 0.1) is 5.01 Å². The second-order valence-corrected chi connectivity index (χ2v) is 6.90. The quantitative estimate of drug-likeness (QED) is 0.841. The monoisotopic (exact) mass is 352 g/mol. The summed E-state index contributed by atoms with van der Waals surface area (Å²) >= 11 is 5.39. The summed E-state index contributed by atoms with van der Waals surface area (Å²) in [5.41, 5.74) is 5.04. The molecule has 20 heavy (non-hydrogen) atoms. The first-order chi connectivity index (χ1) is 9.51. The van der Waals surface area contributed by atoms with E-state index in [1.165, 1.54) is 26.2 Å². The van der Waals surface area contributed by atoms with Crippen LogP contribution in [0.1, 0.15) is 40.4 Å². The van der Waals surface area contributed by atoms with Crippen LogP contribution in [-0.4, -0.2) is 11.5 Å². The molecule has 0 spiro atoms. The predicted molar refractivity (Wildman–Crippen MR) is 90.6 cm³/mol. The predicted octanol–water partition coefficient (Wildman–Crippen LogP) is 4.72. The zero-order valence-electron chi connectivity index (χ0n) is 12.5. The van der Waals surface area contributed by atoms with Gasteiger partial charge in [-0.05, 0) is 44.0 Å². The maximum atomic E-state index is 4.59. The van der Waals surface area contributed by atoms with Gasteiger partial charge in [-0.15, -0.1) is 11.3 Å². The summed E-state index contributed by atoms with van der Waals surface area (Å²) in [6, 6.07) is 4.87. The molecule has 1 aromatic heterocycles. The number of aryl methyl sites for hydroxylation is 3. The fourth-order valence-electron chi connectivity index (χ4n) is 2.41. The number of benzene rings is 1. The lowest BCUT2D eigenvalue weighted by atomic mass is 9.99. The fourth-order valence-corrected chi connectivity index (χ4v) is 3.45. The molecule has 0 radical (unpaired) electrons. The number of likely N-dealkylation sites (N-methyl/N-ethyl adjacent to an activating group) is 1. The van der Waals surface area contributed by atoms with Gasteiger partial charge in [0.25, 0.3) is 0 Å². The van der Waals surface area contributed by atoms with Crippen molar-refractivity contribution in [2.45, 2.75) is 40.2 Å². The molecule has 0 amide bonds. The molecule has 2 rings (SSSR count). The van der Waals surface area contributed by atoms with Crippen LogP contribution >= 0.6 is 27.3 Å². The summed E-state index contributed by atoms with van der Waals surface area (Å²) in [6.45, 7) is 9.46. The minimum atomic E-state index is 0.330. The third-order valence-electron chi connectivity index (χ3n) is 3.36. The Kier molecular flexibility index (Phi) is 5.35. The van der Waals surface area contributed by atoms with Crippen LogP contribution in [0.3, 0.4) is 0 Å². The van der Waals surface area contributed by atoms with Gasteiger partial charge in [-0.1, -0.05) is 35.0 Å². The summed E-state index contributed by atoms with van der Waals surface area (Å²) in [5, 5.41) is 6.90. The van der Waals surface area contributed by atoms with Gasteiger partial charge in [0, 0.05) is 28.0 Å². The van der Waals surface area contributed by atoms with E-state index in [4.69, 9.17) is 0 Å². The SMILES string of the molecule is CCNC(Cc1nc(C)cs1)c1cc(C)c(Br)c(C)c1. The number of nitrogens with zero attached hydrogens (tertiary/aromatic N) is 1. The molecule has 2 nitrogen and oxygen atoms in total. The highest BCUT2D eigenvalue weighted by Crippen LogP contribution is 2.28. The van der Waals surface area contributed by atoms with Gasteiger partial charge in [-0.2, -0.15) is 0 Å². The average Bonchev–Trinajstić information content (AvgIpc) is 2.80. The number of hydrogen-bond donors (Lipinski definition) is 1. The van der Waals surface area contributed by atoms with E-state index in [0.29, 0.717) is 6.04 Å². The van der Waals surface area contributed by atoms with Crippen molar-refractivity contribution in [3.05, 3.63) is 49.4 Å². The van der Waals surface area contributed by atoms with Crippen LogP contribution in [0.25, 0.3) is 0 Å². The summed E-state index contributed by atoms with van der Waals surface area (Å²) in [7, 11) is 0. The van der Waals surface area contributed by atoms with Crippen molar-refractivity contribution in [3.8, 4) is 0 Å². The van der Waals surface area contributed by atoms with E-state index in [9.17, 15) is 0 Å². The molecular weight excluding hydrogens is 332 g/mol. The molecular formula is C16H21BrN2S. The van der Waals surface area contributed by atoms with Gasteiger partial charge < -0.3 is 5.32 Å². The summed E-state index contributed by atoms with van der Waals surface area (Å²) in [6.07, 6.45) is 0.951. The summed E-state index contributed by atoms with van der Waals surface area (Å²) in [5.74, 6) is 0. The lowest BCUT2D eigenvalue weighted by molar-refractivity contribution is 0.547. The molecule has 1 heterocycles. The Balaban J connectivity index is 2.28.